The molecule has 8 nitrogen and oxygen atoms in total. The Labute approximate surface area is 211 Å². The number of hydrogen-bond donors (Lipinski definition) is 1. The zero-order valence-electron chi connectivity index (χ0n) is 19.1. The molecule has 1 N–H and O–H groups in total. The van der Waals surface area contributed by atoms with E-state index in [0.717, 1.165) is 11.1 Å². The lowest BCUT2D eigenvalue weighted by Gasteiger charge is -2.41. The lowest BCUT2D eigenvalue weighted by atomic mass is 9.99. The minimum atomic E-state index is -0.899. The maximum Gasteiger partial charge on any atom is 0.307 e. The number of carbonyl (C=O) groups is 2. The van der Waals surface area contributed by atoms with Crippen molar-refractivity contribution < 1.29 is 38.4 Å². The fraction of sp³-hybridized carbons (Fsp3) is 0.440. The number of benzene rings is 2. The summed E-state index contributed by atoms with van der Waals surface area (Å²) in [4.78, 5) is 22.9. The van der Waals surface area contributed by atoms with Crippen LogP contribution in [-0.2, 0) is 35.0 Å². The van der Waals surface area contributed by atoms with E-state index in [-0.39, 0.29) is 6.42 Å². The molecule has 0 aliphatic carbocycles. The van der Waals surface area contributed by atoms with Gasteiger partial charge in [-0.05, 0) is 31.0 Å². The first-order valence-corrected chi connectivity index (χ1v) is 12.5. The Balaban J connectivity index is 1.64. The number of esters is 1. The van der Waals surface area contributed by atoms with E-state index in [1.165, 1.54) is 6.92 Å². The lowest BCUT2D eigenvalue weighted by molar-refractivity contribution is -0.245. The zero-order valence-corrected chi connectivity index (χ0v) is 21.3. The molecule has 2 heterocycles. The third kappa shape index (κ3) is 5.54. The zero-order chi connectivity index (χ0) is 24.5. The van der Waals surface area contributed by atoms with Crippen molar-refractivity contribution in [3.05, 3.63) is 54.1 Å². The van der Waals surface area contributed by atoms with Gasteiger partial charge >= 0.3 is 11.9 Å². The molecule has 34 heavy (non-hydrogen) atoms. The van der Waals surface area contributed by atoms with Gasteiger partial charge in [-0.1, -0.05) is 65.1 Å². The summed E-state index contributed by atoms with van der Waals surface area (Å²) in [5.74, 6) is -1.65. The highest BCUT2D eigenvalue weighted by molar-refractivity contribution is 14.1. The summed E-state index contributed by atoms with van der Waals surface area (Å²) in [6.07, 6.45) is -3.11. The standard InChI is InChI=1S/C25H27IO8/c1-14(27)30-21-19(13-26)32-24(23-22(21)33-25(2,3)34-23)31-18-10-5-4-9-17(18)16-8-6-7-15(11-16)12-20(28)29/h4-11,19,21-24H,12-13H2,1-3H3,(H,28,29)/t19-,21-,22+,23+,24+/m1/s1. The average molecular weight is 582 g/mol. The van der Waals surface area contributed by atoms with Gasteiger partial charge in [-0.25, -0.2) is 0 Å². The Morgan fingerprint density at radius 1 is 1.09 bits per heavy atom. The highest BCUT2D eigenvalue weighted by atomic mass is 127. The van der Waals surface area contributed by atoms with Crippen molar-refractivity contribution in [3.63, 3.8) is 0 Å². The van der Waals surface area contributed by atoms with E-state index < -0.39 is 48.4 Å². The average Bonchev–Trinajstić information content (AvgIpc) is 3.10. The van der Waals surface area contributed by atoms with E-state index in [1.807, 2.05) is 42.5 Å². The first kappa shape index (κ1) is 24.9. The monoisotopic (exact) mass is 582 g/mol. The quantitative estimate of drug-likeness (QED) is 0.298. The van der Waals surface area contributed by atoms with Crippen molar-refractivity contribution in [2.75, 3.05) is 4.43 Å². The largest absolute Gasteiger partial charge is 0.481 e. The van der Waals surface area contributed by atoms with E-state index in [4.69, 9.17) is 28.8 Å². The molecular formula is C25H27IO8. The van der Waals surface area contributed by atoms with Gasteiger partial charge in [0.05, 0.1) is 6.42 Å². The van der Waals surface area contributed by atoms with Crippen LogP contribution >= 0.6 is 22.6 Å². The van der Waals surface area contributed by atoms with Gasteiger partial charge < -0.3 is 28.8 Å². The number of ether oxygens (including phenoxy) is 5. The summed E-state index contributed by atoms with van der Waals surface area (Å²) >= 11 is 2.19. The Morgan fingerprint density at radius 2 is 1.82 bits per heavy atom. The van der Waals surface area contributed by atoms with Crippen molar-refractivity contribution in [1.82, 2.24) is 0 Å². The van der Waals surface area contributed by atoms with Crippen LogP contribution in [0.25, 0.3) is 11.1 Å². The van der Waals surface area contributed by atoms with Crippen molar-refractivity contribution in [3.8, 4) is 16.9 Å². The summed E-state index contributed by atoms with van der Waals surface area (Å²) in [6.45, 7) is 4.96. The summed E-state index contributed by atoms with van der Waals surface area (Å²) in [5, 5.41) is 9.15. The van der Waals surface area contributed by atoms with Gasteiger partial charge in [0.25, 0.3) is 0 Å². The summed E-state index contributed by atoms with van der Waals surface area (Å²) in [7, 11) is 0. The Kier molecular flexibility index (Phi) is 7.46. The summed E-state index contributed by atoms with van der Waals surface area (Å²) in [5.41, 5.74) is 2.31. The van der Waals surface area contributed by atoms with Gasteiger partial charge in [0, 0.05) is 16.9 Å². The highest BCUT2D eigenvalue weighted by Crippen LogP contribution is 2.41. The van der Waals surface area contributed by atoms with Crippen molar-refractivity contribution >= 4 is 34.5 Å². The van der Waals surface area contributed by atoms with E-state index in [2.05, 4.69) is 22.6 Å². The Bertz CT molecular complexity index is 1050. The van der Waals surface area contributed by atoms with Crippen LogP contribution in [0.5, 0.6) is 5.75 Å². The molecule has 2 fully saturated rings. The van der Waals surface area contributed by atoms with E-state index in [1.54, 1.807) is 19.9 Å². The Hall–Kier alpha value is -2.21. The van der Waals surface area contributed by atoms with Gasteiger partial charge in [0.2, 0.25) is 6.29 Å². The number of para-hydroxylation sites is 1. The summed E-state index contributed by atoms with van der Waals surface area (Å²) in [6, 6.07) is 14.8. The SMILES string of the molecule is CC(=O)O[C@H]1[C@@H]2OC(C)(C)O[C@@H]2[C@@H](Oc2ccccc2-c2cccc(CC(=O)O)c2)O[C@@H]1CI. The van der Waals surface area contributed by atoms with Gasteiger partial charge in [-0.3, -0.25) is 9.59 Å². The molecule has 4 rings (SSSR count). The molecule has 2 aromatic rings. The van der Waals surface area contributed by atoms with Crippen LogP contribution in [0.1, 0.15) is 26.3 Å². The molecule has 2 aromatic carbocycles. The fourth-order valence-corrected chi connectivity index (χ4v) is 5.04. The molecule has 182 valence electrons. The van der Waals surface area contributed by atoms with Crippen LogP contribution in [0.15, 0.2) is 48.5 Å². The molecule has 9 heteroatoms. The first-order valence-electron chi connectivity index (χ1n) is 11.0. The number of carboxylic acid groups (broad SMARTS) is 1. The van der Waals surface area contributed by atoms with Gasteiger partial charge in [0.1, 0.15) is 18.0 Å². The second kappa shape index (κ2) is 10.2. The normalized spacial score (nSPS) is 27.6. The van der Waals surface area contributed by atoms with Crippen LogP contribution in [-0.4, -0.2) is 58.0 Å². The second-order valence-electron chi connectivity index (χ2n) is 8.72. The first-order chi connectivity index (χ1) is 16.2. The lowest BCUT2D eigenvalue weighted by Crippen LogP contribution is -2.59. The molecule has 0 aromatic heterocycles. The number of hydrogen-bond acceptors (Lipinski definition) is 7. The number of carboxylic acids is 1. The number of carbonyl (C=O) groups excluding carboxylic acids is 1. The minimum Gasteiger partial charge on any atom is -0.481 e. The fourth-order valence-electron chi connectivity index (χ4n) is 4.33. The van der Waals surface area contributed by atoms with Crippen LogP contribution in [0.2, 0.25) is 0 Å². The molecule has 0 bridgehead atoms. The van der Waals surface area contributed by atoms with Crippen LogP contribution < -0.4 is 4.74 Å². The number of alkyl halides is 1. The van der Waals surface area contributed by atoms with Crippen molar-refractivity contribution in [1.29, 1.82) is 0 Å². The summed E-state index contributed by atoms with van der Waals surface area (Å²) < 4.78 is 31.0. The maximum atomic E-state index is 11.7. The van der Waals surface area contributed by atoms with Gasteiger partial charge in [0.15, 0.2) is 18.0 Å². The van der Waals surface area contributed by atoms with Crippen LogP contribution in [0, 0.1) is 0 Å². The van der Waals surface area contributed by atoms with Crippen LogP contribution in [0.4, 0.5) is 0 Å². The van der Waals surface area contributed by atoms with Crippen molar-refractivity contribution in [2.45, 2.75) is 63.7 Å². The molecule has 0 saturated carbocycles. The number of fused-ring (bicyclic) bond motifs is 1. The molecule has 0 spiro atoms. The molecule has 0 radical (unpaired) electrons. The third-order valence-corrected chi connectivity index (χ3v) is 6.48. The molecule has 0 amide bonds. The third-order valence-electron chi connectivity index (χ3n) is 5.61. The number of aliphatic carboxylic acids is 1. The van der Waals surface area contributed by atoms with E-state index in [0.29, 0.717) is 15.7 Å². The molecule has 2 aliphatic rings. The molecular weight excluding hydrogens is 555 g/mol. The molecule has 0 unspecified atom stereocenters. The van der Waals surface area contributed by atoms with Gasteiger partial charge in [-0.2, -0.15) is 0 Å². The van der Waals surface area contributed by atoms with E-state index >= 15 is 0 Å². The van der Waals surface area contributed by atoms with Crippen molar-refractivity contribution in [2.24, 2.45) is 0 Å². The highest BCUT2D eigenvalue weighted by Gasteiger charge is 2.57. The maximum absolute atomic E-state index is 11.7. The second-order valence-corrected chi connectivity index (χ2v) is 9.60. The predicted molar refractivity (Wildman–Crippen MR) is 131 cm³/mol. The number of halogens is 1. The molecule has 5 atom stereocenters. The van der Waals surface area contributed by atoms with Gasteiger partial charge in [-0.15, -0.1) is 0 Å². The minimum absolute atomic E-state index is 0.0680. The van der Waals surface area contributed by atoms with Crippen LogP contribution in [0.3, 0.4) is 0 Å². The topological polar surface area (TPSA) is 101 Å². The molecule has 2 saturated heterocycles. The predicted octanol–water partition coefficient (Wildman–Crippen LogP) is 3.97. The smallest absolute Gasteiger partial charge is 0.307 e. The molecule has 2 aliphatic heterocycles. The van der Waals surface area contributed by atoms with E-state index in [9.17, 15) is 9.59 Å². The number of rotatable bonds is 7. The Morgan fingerprint density at radius 3 is 2.53 bits per heavy atom.